The lowest BCUT2D eigenvalue weighted by Crippen LogP contribution is -1.95. The summed E-state index contributed by atoms with van der Waals surface area (Å²) in [4.78, 5) is 0. The summed E-state index contributed by atoms with van der Waals surface area (Å²) in [6, 6.07) is 30.6. The Balaban J connectivity index is 1.77. The van der Waals surface area contributed by atoms with Crippen LogP contribution in [-0.2, 0) is 5.11 Å². The van der Waals surface area contributed by atoms with Gasteiger partial charge in [0.05, 0.1) is 0 Å². The van der Waals surface area contributed by atoms with Crippen LogP contribution in [0.5, 0.6) is 40.2 Å². The highest BCUT2D eigenvalue weighted by atomic mass is 16.5. The Morgan fingerprint density at radius 1 is 0.429 bits per heavy atom. The van der Waals surface area contributed by atoms with E-state index in [1.165, 1.54) is 6.07 Å². The Morgan fingerprint density at radius 2 is 0.857 bits per heavy atom. The number of hydrogen-bond acceptors (Lipinski definition) is 3. The number of rotatable bonds is 6. The van der Waals surface area contributed by atoms with Crippen molar-refractivity contribution in [2.45, 2.75) is 0 Å². The monoisotopic (exact) mass is 369 g/mol. The molecule has 0 unspecified atom stereocenters. The minimum atomic E-state index is -0.296. The van der Waals surface area contributed by atoms with Crippen molar-refractivity contribution >= 4 is 0 Å². The molecular weight excluding hydrogens is 352 g/mol. The van der Waals surface area contributed by atoms with E-state index in [4.69, 9.17) is 14.2 Å². The van der Waals surface area contributed by atoms with Gasteiger partial charge in [0.1, 0.15) is 17.2 Å². The van der Waals surface area contributed by atoms with Gasteiger partial charge in [0.15, 0.2) is 5.75 Å². The fourth-order valence-electron chi connectivity index (χ4n) is 2.63. The lowest BCUT2D eigenvalue weighted by molar-refractivity contribution is 0.314. The summed E-state index contributed by atoms with van der Waals surface area (Å²) in [5.41, 5.74) is 0. The van der Waals surface area contributed by atoms with E-state index >= 15 is 0 Å². The largest absolute Gasteiger partial charge is 0.453 e. The molecule has 0 amide bonds. The Bertz CT molecular complexity index is 1030. The lowest BCUT2D eigenvalue weighted by atomic mass is 10.2. The second kappa shape index (κ2) is 8.18. The highest BCUT2D eigenvalue weighted by Gasteiger charge is 2.21. The van der Waals surface area contributed by atoms with Crippen LogP contribution in [0, 0.1) is 0 Å². The van der Waals surface area contributed by atoms with Crippen molar-refractivity contribution in [3.8, 4) is 40.2 Å². The van der Waals surface area contributed by atoms with Crippen LogP contribution >= 0.6 is 0 Å². The Morgan fingerprint density at radius 3 is 1.36 bits per heavy atom. The van der Waals surface area contributed by atoms with Crippen molar-refractivity contribution in [2.24, 2.45) is 0 Å². The predicted octanol–water partition coefficient (Wildman–Crippen LogP) is 7.21. The van der Waals surface area contributed by atoms with Crippen molar-refractivity contribution < 1.29 is 19.3 Å². The SMILES string of the molecule is [O]c1ccc(Oc2ccccc2)c(Oc2ccccc2)c1Oc1ccccc1. The summed E-state index contributed by atoms with van der Waals surface area (Å²) in [5.74, 6) is 2.13. The van der Waals surface area contributed by atoms with Gasteiger partial charge in [-0.25, -0.2) is 0 Å². The number of para-hydroxylation sites is 3. The van der Waals surface area contributed by atoms with Gasteiger partial charge in [-0.3, -0.25) is 5.11 Å². The van der Waals surface area contributed by atoms with E-state index in [-0.39, 0.29) is 17.2 Å². The molecule has 4 nitrogen and oxygen atoms in total. The summed E-state index contributed by atoms with van der Waals surface area (Å²) in [6.07, 6.45) is 0. The van der Waals surface area contributed by atoms with Crippen LogP contribution in [0.3, 0.4) is 0 Å². The topological polar surface area (TPSA) is 47.6 Å². The average Bonchev–Trinajstić information content (AvgIpc) is 2.75. The maximum Gasteiger partial charge on any atom is 0.225 e. The first-order chi connectivity index (χ1) is 13.8. The molecule has 0 heterocycles. The van der Waals surface area contributed by atoms with Crippen LogP contribution in [0.4, 0.5) is 0 Å². The molecule has 0 aliphatic heterocycles. The van der Waals surface area contributed by atoms with Gasteiger partial charge in [0.2, 0.25) is 17.2 Å². The third-order valence-corrected chi connectivity index (χ3v) is 3.94. The van der Waals surface area contributed by atoms with Gasteiger partial charge in [-0.1, -0.05) is 54.6 Å². The molecule has 0 N–H and O–H groups in total. The fourth-order valence-corrected chi connectivity index (χ4v) is 2.63. The quantitative estimate of drug-likeness (QED) is 0.361. The van der Waals surface area contributed by atoms with Gasteiger partial charge in [-0.05, 0) is 48.5 Å². The summed E-state index contributed by atoms with van der Waals surface area (Å²) in [7, 11) is 0. The van der Waals surface area contributed by atoms with Gasteiger partial charge in [0.25, 0.3) is 0 Å². The van der Waals surface area contributed by atoms with E-state index in [1.54, 1.807) is 30.3 Å². The third kappa shape index (κ3) is 4.07. The zero-order chi connectivity index (χ0) is 19.2. The summed E-state index contributed by atoms with van der Waals surface area (Å²) in [5, 5.41) is 12.6. The first-order valence-corrected chi connectivity index (χ1v) is 8.82. The summed E-state index contributed by atoms with van der Waals surface area (Å²) >= 11 is 0. The molecule has 0 saturated heterocycles. The van der Waals surface area contributed by atoms with E-state index in [0.717, 1.165) is 0 Å². The molecule has 0 saturated carbocycles. The Labute approximate surface area is 163 Å². The first kappa shape index (κ1) is 17.5. The maximum absolute atomic E-state index is 12.6. The van der Waals surface area contributed by atoms with Crippen LogP contribution in [-0.4, -0.2) is 0 Å². The van der Waals surface area contributed by atoms with Crippen LogP contribution in [0.1, 0.15) is 0 Å². The number of hydrogen-bond donors (Lipinski definition) is 0. The van der Waals surface area contributed by atoms with Crippen LogP contribution in [0.25, 0.3) is 0 Å². The molecular formula is C24H17O4. The number of ether oxygens (including phenoxy) is 3. The van der Waals surface area contributed by atoms with Crippen molar-refractivity contribution in [1.29, 1.82) is 0 Å². The Kier molecular flexibility index (Phi) is 5.11. The van der Waals surface area contributed by atoms with Crippen molar-refractivity contribution in [3.63, 3.8) is 0 Å². The minimum absolute atomic E-state index is 0.0727. The highest BCUT2D eigenvalue weighted by molar-refractivity contribution is 5.61. The molecule has 0 spiro atoms. The molecule has 0 fully saturated rings. The van der Waals surface area contributed by atoms with Gasteiger partial charge >= 0.3 is 0 Å². The van der Waals surface area contributed by atoms with Gasteiger partial charge in [0, 0.05) is 0 Å². The molecule has 0 atom stereocenters. The van der Waals surface area contributed by atoms with Crippen molar-refractivity contribution in [3.05, 3.63) is 103 Å². The van der Waals surface area contributed by atoms with E-state index in [9.17, 15) is 5.11 Å². The minimum Gasteiger partial charge on any atom is -0.453 e. The van der Waals surface area contributed by atoms with E-state index in [1.807, 2.05) is 66.7 Å². The van der Waals surface area contributed by atoms with Crippen LogP contribution in [0.15, 0.2) is 103 Å². The molecule has 4 aromatic carbocycles. The zero-order valence-corrected chi connectivity index (χ0v) is 14.9. The third-order valence-electron chi connectivity index (χ3n) is 3.94. The molecule has 1 radical (unpaired) electrons. The molecule has 0 aliphatic rings. The van der Waals surface area contributed by atoms with E-state index in [2.05, 4.69) is 0 Å². The molecule has 0 aromatic heterocycles. The second-order valence-electron chi connectivity index (χ2n) is 5.97. The molecule has 28 heavy (non-hydrogen) atoms. The van der Waals surface area contributed by atoms with Crippen LogP contribution in [0.2, 0.25) is 0 Å². The normalized spacial score (nSPS) is 10.3. The van der Waals surface area contributed by atoms with E-state index in [0.29, 0.717) is 23.0 Å². The highest BCUT2D eigenvalue weighted by Crippen LogP contribution is 2.49. The van der Waals surface area contributed by atoms with E-state index < -0.39 is 0 Å². The first-order valence-electron chi connectivity index (χ1n) is 8.82. The molecule has 0 bridgehead atoms. The smallest absolute Gasteiger partial charge is 0.225 e. The van der Waals surface area contributed by atoms with Gasteiger partial charge in [-0.2, -0.15) is 0 Å². The zero-order valence-electron chi connectivity index (χ0n) is 14.9. The lowest BCUT2D eigenvalue weighted by Gasteiger charge is -2.17. The fraction of sp³-hybridized carbons (Fsp3) is 0. The summed E-state index contributed by atoms with van der Waals surface area (Å²) in [6.45, 7) is 0. The van der Waals surface area contributed by atoms with Gasteiger partial charge in [-0.15, -0.1) is 0 Å². The maximum atomic E-state index is 12.6. The Hall–Kier alpha value is -3.92. The molecule has 4 heteroatoms. The standard InChI is InChI=1S/C24H17O4/c25-21-16-17-22(26-18-10-4-1-5-11-18)24(28-20-14-8-3-9-15-20)23(21)27-19-12-6-2-7-13-19/h1-17H. The molecule has 4 rings (SSSR count). The average molecular weight is 369 g/mol. The number of benzene rings is 4. The van der Waals surface area contributed by atoms with Crippen molar-refractivity contribution in [1.82, 2.24) is 0 Å². The van der Waals surface area contributed by atoms with Crippen LogP contribution < -0.4 is 14.2 Å². The molecule has 4 aromatic rings. The molecule has 0 aliphatic carbocycles. The predicted molar refractivity (Wildman–Crippen MR) is 106 cm³/mol. The second-order valence-corrected chi connectivity index (χ2v) is 5.97. The summed E-state index contributed by atoms with van der Waals surface area (Å²) < 4.78 is 17.9. The van der Waals surface area contributed by atoms with Crippen molar-refractivity contribution in [2.75, 3.05) is 0 Å². The van der Waals surface area contributed by atoms with Gasteiger partial charge < -0.3 is 14.2 Å². The molecule has 137 valence electrons.